The van der Waals surface area contributed by atoms with Crippen LogP contribution in [0.2, 0.25) is 0 Å². The Balaban J connectivity index is 1.32. The lowest BCUT2D eigenvalue weighted by molar-refractivity contribution is 0.0707. The summed E-state index contributed by atoms with van der Waals surface area (Å²) in [5.41, 5.74) is 4.37. The molecule has 5 rings (SSSR count). The van der Waals surface area contributed by atoms with Crippen LogP contribution >= 0.6 is 15.9 Å². The van der Waals surface area contributed by atoms with Gasteiger partial charge in [0.05, 0.1) is 36.1 Å². The summed E-state index contributed by atoms with van der Waals surface area (Å²) in [6.07, 6.45) is 1.70. The fourth-order valence-electron chi connectivity index (χ4n) is 4.47. The first-order valence-electron chi connectivity index (χ1n) is 11.2. The topological polar surface area (TPSA) is 118 Å². The van der Waals surface area contributed by atoms with Crippen LogP contribution in [0.3, 0.4) is 0 Å². The third-order valence-corrected chi connectivity index (χ3v) is 6.76. The SMILES string of the molecule is Cc1cc(C)c(CNC(=O)c2cc3n(n2)CCN(C(=O)c2cc(Br)cc4c2cnn4C)C3)c(=O)[nH]1. The van der Waals surface area contributed by atoms with E-state index in [1.54, 1.807) is 26.5 Å². The molecule has 1 aliphatic rings. The number of carbonyl (C=O) groups is 2. The van der Waals surface area contributed by atoms with Gasteiger partial charge in [-0.25, -0.2) is 0 Å². The van der Waals surface area contributed by atoms with Gasteiger partial charge in [-0.15, -0.1) is 0 Å². The molecule has 10 nitrogen and oxygen atoms in total. The van der Waals surface area contributed by atoms with Crippen LogP contribution in [0.15, 0.2) is 39.7 Å². The first-order chi connectivity index (χ1) is 16.7. The van der Waals surface area contributed by atoms with Gasteiger partial charge in [0.25, 0.3) is 17.4 Å². The second-order valence-electron chi connectivity index (χ2n) is 8.75. The van der Waals surface area contributed by atoms with Gasteiger partial charge in [0.2, 0.25) is 0 Å². The normalized spacial score (nSPS) is 13.2. The third kappa shape index (κ3) is 4.27. The number of amides is 2. The standard InChI is InChI=1S/C24H24BrN7O3/c1-13-6-14(2)28-22(33)18(13)10-26-23(34)20-9-16-12-31(4-5-32(16)29-20)24(35)17-7-15(25)8-21-19(17)11-27-30(21)3/h6-9,11H,4-5,10,12H2,1-3H3,(H,26,34)(H,28,33). The lowest BCUT2D eigenvalue weighted by atomic mass is 10.1. The van der Waals surface area contributed by atoms with Crippen molar-refractivity contribution >= 4 is 38.6 Å². The largest absolute Gasteiger partial charge is 0.346 e. The van der Waals surface area contributed by atoms with Gasteiger partial charge in [0.15, 0.2) is 5.69 Å². The molecular weight excluding hydrogens is 514 g/mol. The van der Waals surface area contributed by atoms with Crippen LogP contribution in [0.1, 0.15) is 43.4 Å². The second kappa shape index (κ2) is 8.81. The monoisotopic (exact) mass is 537 g/mol. The first kappa shape index (κ1) is 23.0. The molecule has 180 valence electrons. The molecule has 0 bridgehead atoms. The molecule has 0 spiro atoms. The number of fused-ring (bicyclic) bond motifs is 2. The maximum absolute atomic E-state index is 13.4. The Labute approximate surface area is 209 Å². The number of pyridine rings is 1. The molecule has 0 unspecified atom stereocenters. The molecule has 35 heavy (non-hydrogen) atoms. The maximum atomic E-state index is 13.4. The van der Waals surface area contributed by atoms with Crippen LogP contribution in [0, 0.1) is 13.8 Å². The average Bonchev–Trinajstić information content (AvgIpc) is 3.40. The van der Waals surface area contributed by atoms with Gasteiger partial charge < -0.3 is 15.2 Å². The Morgan fingerprint density at radius 3 is 2.74 bits per heavy atom. The van der Waals surface area contributed by atoms with Crippen molar-refractivity contribution in [2.24, 2.45) is 7.05 Å². The summed E-state index contributed by atoms with van der Waals surface area (Å²) in [5, 5.41) is 12.3. The minimum atomic E-state index is -0.367. The molecule has 11 heteroatoms. The van der Waals surface area contributed by atoms with E-state index in [1.165, 1.54) is 0 Å². The minimum absolute atomic E-state index is 0.100. The predicted octanol–water partition coefficient (Wildman–Crippen LogP) is 2.42. The van der Waals surface area contributed by atoms with Crippen molar-refractivity contribution < 1.29 is 9.59 Å². The van der Waals surface area contributed by atoms with Crippen LogP contribution in [0.5, 0.6) is 0 Å². The van der Waals surface area contributed by atoms with Crippen molar-refractivity contribution in [3.63, 3.8) is 0 Å². The van der Waals surface area contributed by atoms with Crippen molar-refractivity contribution in [3.05, 3.63) is 79.1 Å². The van der Waals surface area contributed by atoms with E-state index >= 15 is 0 Å². The van der Waals surface area contributed by atoms with E-state index in [0.717, 1.165) is 32.3 Å². The Kier molecular flexibility index (Phi) is 5.79. The quantitative estimate of drug-likeness (QED) is 0.414. The summed E-state index contributed by atoms with van der Waals surface area (Å²) < 4.78 is 4.29. The highest BCUT2D eigenvalue weighted by Gasteiger charge is 2.26. The zero-order valence-corrected chi connectivity index (χ0v) is 21.1. The van der Waals surface area contributed by atoms with Crippen molar-refractivity contribution in [2.45, 2.75) is 33.5 Å². The molecule has 4 aromatic rings. The van der Waals surface area contributed by atoms with Crippen molar-refractivity contribution in [1.29, 1.82) is 0 Å². The molecule has 1 aromatic carbocycles. The lowest BCUT2D eigenvalue weighted by Gasteiger charge is -2.28. The summed E-state index contributed by atoms with van der Waals surface area (Å²) in [7, 11) is 1.84. The van der Waals surface area contributed by atoms with E-state index in [9.17, 15) is 14.4 Å². The predicted molar refractivity (Wildman–Crippen MR) is 133 cm³/mol. The van der Waals surface area contributed by atoms with Gasteiger partial charge in [-0.1, -0.05) is 15.9 Å². The summed E-state index contributed by atoms with van der Waals surface area (Å²) in [6, 6.07) is 7.31. The highest BCUT2D eigenvalue weighted by Crippen LogP contribution is 2.26. The molecule has 3 aromatic heterocycles. The third-order valence-electron chi connectivity index (χ3n) is 6.30. The van der Waals surface area contributed by atoms with E-state index in [2.05, 4.69) is 36.4 Å². The van der Waals surface area contributed by atoms with Crippen molar-refractivity contribution in [2.75, 3.05) is 6.54 Å². The number of carbonyl (C=O) groups excluding carboxylic acids is 2. The van der Waals surface area contributed by atoms with Crippen molar-refractivity contribution in [3.8, 4) is 0 Å². The van der Waals surface area contributed by atoms with E-state index in [1.807, 2.05) is 39.1 Å². The number of aromatic amines is 1. The van der Waals surface area contributed by atoms with Crippen LogP contribution in [0.25, 0.3) is 10.9 Å². The highest BCUT2D eigenvalue weighted by atomic mass is 79.9. The number of nitrogens with zero attached hydrogens (tertiary/aromatic N) is 5. The first-order valence-corrected chi connectivity index (χ1v) is 12.0. The van der Waals surface area contributed by atoms with Gasteiger partial charge in [0, 0.05) is 41.3 Å². The second-order valence-corrected chi connectivity index (χ2v) is 9.67. The number of hydrogen-bond acceptors (Lipinski definition) is 5. The van der Waals surface area contributed by atoms with E-state index in [4.69, 9.17) is 0 Å². The summed E-state index contributed by atoms with van der Waals surface area (Å²) in [6.45, 7) is 5.06. The molecular formula is C24H24BrN7O3. The molecule has 1 aliphatic heterocycles. The van der Waals surface area contributed by atoms with E-state index < -0.39 is 0 Å². The Hall–Kier alpha value is -3.73. The van der Waals surface area contributed by atoms with Crippen LogP contribution < -0.4 is 10.9 Å². The smallest absolute Gasteiger partial charge is 0.272 e. The van der Waals surface area contributed by atoms with Crippen molar-refractivity contribution in [1.82, 2.24) is 34.8 Å². The summed E-state index contributed by atoms with van der Waals surface area (Å²) in [5.74, 6) is -0.468. The van der Waals surface area contributed by atoms with E-state index in [-0.39, 0.29) is 29.6 Å². The fourth-order valence-corrected chi connectivity index (χ4v) is 4.92. The lowest BCUT2D eigenvalue weighted by Crippen LogP contribution is -2.38. The number of rotatable bonds is 4. The van der Waals surface area contributed by atoms with Gasteiger partial charge in [0.1, 0.15) is 0 Å². The maximum Gasteiger partial charge on any atom is 0.272 e. The molecule has 2 amide bonds. The molecule has 2 N–H and O–H groups in total. The Morgan fingerprint density at radius 2 is 1.97 bits per heavy atom. The number of benzene rings is 1. The molecule has 0 aliphatic carbocycles. The van der Waals surface area contributed by atoms with Crippen LogP contribution in [-0.4, -0.2) is 47.8 Å². The molecule has 0 saturated carbocycles. The number of aromatic nitrogens is 5. The summed E-state index contributed by atoms with van der Waals surface area (Å²) in [4.78, 5) is 42.9. The Morgan fingerprint density at radius 1 is 1.17 bits per heavy atom. The number of halogens is 1. The molecule has 0 radical (unpaired) electrons. The summed E-state index contributed by atoms with van der Waals surface area (Å²) >= 11 is 3.49. The highest BCUT2D eigenvalue weighted by molar-refractivity contribution is 9.10. The fraction of sp³-hybridized carbons (Fsp3) is 0.292. The Bertz CT molecular complexity index is 1550. The van der Waals surface area contributed by atoms with Crippen LogP contribution in [0.4, 0.5) is 0 Å². The number of hydrogen-bond donors (Lipinski definition) is 2. The molecule has 0 fully saturated rings. The average molecular weight is 538 g/mol. The van der Waals surface area contributed by atoms with Gasteiger partial charge in [-0.05, 0) is 43.7 Å². The van der Waals surface area contributed by atoms with E-state index in [0.29, 0.717) is 30.8 Å². The van der Waals surface area contributed by atoms with Gasteiger partial charge in [-0.3, -0.25) is 23.7 Å². The minimum Gasteiger partial charge on any atom is -0.346 e. The van der Waals surface area contributed by atoms with Gasteiger partial charge in [-0.2, -0.15) is 10.2 Å². The number of H-pyrrole nitrogens is 1. The number of aryl methyl sites for hydroxylation is 3. The zero-order valence-electron chi connectivity index (χ0n) is 19.6. The molecule has 4 heterocycles. The molecule has 0 atom stereocenters. The molecule has 0 saturated heterocycles. The zero-order chi connectivity index (χ0) is 24.9. The van der Waals surface area contributed by atoms with Gasteiger partial charge >= 0.3 is 0 Å². The number of nitrogens with one attached hydrogen (secondary N) is 2. The van der Waals surface area contributed by atoms with Crippen LogP contribution in [-0.2, 0) is 26.7 Å².